The monoisotopic (exact) mass is 334 g/mol. The third-order valence-electron chi connectivity index (χ3n) is 4.72. The summed E-state index contributed by atoms with van der Waals surface area (Å²) in [6.45, 7) is 5.12. The van der Waals surface area contributed by atoms with Crippen molar-refractivity contribution in [1.82, 2.24) is 10.4 Å². The van der Waals surface area contributed by atoms with Crippen LogP contribution < -0.4 is 10.2 Å². The number of rotatable bonds is 2. The van der Waals surface area contributed by atoms with Gasteiger partial charge in [-0.05, 0) is 38.8 Å². The Balaban J connectivity index is 1.87. The first-order valence-electron chi connectivity index (χ1n) is 8.10. The van der Waals surface area contributed by atoms with E-state index in [4.69, 9.17) is 14.7 Å². The van der Waals surface area contributed by atoms with Crippen molar-refractivity contribution in [1.29, 1.82) is 0 Å². The lowest BCUT2D eigenvalue weighted by atomic mass is 9.99. The smallest absolute Gasteiger partial charge is 0.274 e. The molecule has 0 aromatic heterocycles. The van der Waals surface area contributed by atoms with E-state index in [9.17, 15) is 9.59 Å². The summed E-state index contributed by atoms with van der Waals surface area (Å²) in [5, 5.41) is 8.75. The maximum atomic E-state index is 13.0. The summed E-state index contributed by atoms with van der Waals surface area (Å²) in [5.74, 6) is -0.0737. The zero-order valence-electron chi connectivity index (χ0n) is 13.9. The van der Waals surface area contributed by atoms with Gasteiger partial charge in [0, 0.05) is 24.3 Å². The van der Waals surface area contributed by atoms with Gasteiger partial charge >= 0.3 is 0 Å². The first-order chi connectivity index (χ1) is 11.4. The number of hydrogen-bond acceptors (Lipinski definition) is 5. The molecule has 2 amide bonds. The van der Waals surface area contributed by atoms with E-state index in [1.165, 1.54) is 0 Å². The lowest BCUT2D eigenvalue weighted by Gasteiger charge is -2.33. The largest absolute Gasteiger partial charge is 0.491 e. The van der Waals surface area contributed by atoms with Crippen molar-refractivity contribution in [3.8, 4) is 5.75 Å². The minimum absolute atomic E-state index is 0.0267. The molecule has 2 N–H and O–H groups in total. The molecule has 2 aliphatic heterocycles. The van der Waals surface area contributed by atoms with Gasteiger partial charge in [-0.25, -0.2) is 5.48 Å². The van der Waals surface area contributed by atoms with Crippen molar-refractivity contribution < 1.29 is 24.3 Å². The molecule has 1 fully saturated rings. The number of benzene rings is 1. The number of fused-ring (bicyclic) bond motifs is 1. The molecule has 0 saturated carbocycles. The summed E-state index contributed by atoms with van der Waals surface area (Å²) >= 11 is 0. The van der Waals surface area contributed by atoms with Crippen LogP contribution in [-0.2, 0) is 16.1 Å². The summed E-state index contributed by atoms with van der Waals surface area (Å²) in [6, 6.07) is 4.81. The minimum atomic E-state index is -0.768. The van der Waals surface area contributed by atoms with E-state index >= 15 is 0 Å². The minimum Gasteiger partial charge on any atom is -0.491 e. The van der Waals surface area contributed by atoms with Gasteiger partial charge in [-0.15, -0.1) is 0 Å². The summed E-state index contributed by atoms with van der Waals surface area (Å²) in [4.78, 5) is 26.3. The van der Waals surface area contributed by atoms with E-state index in [0.717, 1.165) is 18.4 Å². The van der Waals surface area contributed by atoms with Gasteiger partial charge in [0.15, 0.2) is 0 Å². The molecule has 0 aliphatic carbocycles. The molecule has 1 unspecified atom stereocenters. The topological polar surface area (TPSA) is 88.1 Å². The van der Waals surface area contributed by atoms with Crippen LogP contribution in [0.2, 0.25) is 0 Å². The van der Waals surface area contributed by atoms with Gasteiger partial charge in [-0.3, -0.25) is 14.8 Å². The standard InChI is InChI=1S/C17H22N2O5/c1-11-10-23-14-8-12(15(20)18-22)4-5-13(14)9-19(11)16(21)17(2)6-3-7-24-17/h4-5,8,11,22H,3,6-7,9-10H2,1-2H3,(H,18,20)/t11-,17?/m0/s1. The molecule has 7 nitrogen and oxygen atoms in total. The van der Waals surface area contributed by atoms with Crippen molar-refractivity contribution >= 4 is 11.8 Å². The number of hydrogen-bond donors (Lipinski definition) is 2. The molecule has 2 atom stereocenters. The second-order valence-electron chi connectivity index (χ2n) is 6.54. The second-order valence-corrected chi connectivity index (χ2v) is 6.54. The Kier molecular flexibility index (Phi) is 4.47. The maximum absolute atomic E-state index is 13.0. The molecule has 2 aliphatic rings. The van der Waals surface area contributed by atoms with Gasteiger partial charge in [0.25, 0.3) is 11.8 Å². The van der Waals surface area contributed by atoms with Crippen LogP contribution in [0.15, 0.2) is 18.2 Å². The van der Waals surface area contributed by atoms with Crippen LogP contribution in [-0.4, -0.2) is 46.8 Å². The van der Waals surface area contributed by atoms with Crippen molar-refractivity contribution in [2.24, 2.45) is 0 Å². The van der Waals surface area contributed by atoms with Crippen molar-refractivity contribution in [2.75, 3.05) is 13.2 Å². The number of carbonyl (C=O) groups is 2. The van der Waals surface area contributed by atoms with Gasteiger partial charge in [0.05, 0.1) is 6.04 Å². The molecule has 24 heavy (non-hydrogen) atoms. The molecule has 0 radical (unpaired) electrons. The quantitative estimate of drug-likeness (QED) is 0.632. The normalized spacial score (nSPS) is 26.3. The van der Waals surface area contributed by atoms with Crippen molar-refractivity contribution in [3.63, 3.8) is 0 Å². The zero-order chi connectivity index (χ0) is 17.3. The molecule has 1 saturated heterocycles. The maximum Gasteiger partial charge on any atom is 0.274 e. The SMILES string of the molecule is C[C@H]1COc2cc(C(=O)NO)ccc2CN1C(=O)C1(C)CCCO1. The van der Waals surface area contributed by atoms with Crippen LogP contribution in [0.25, 0.3) is 0 Å². The first-order valence-corrected chi connectivity index (χ1v) is 8.10. The fraction of sp³-hybridized carbons (Fsp3) is 0.529. The molecule has 1 aromatic carbocycles. The Morgan fingerprint density at radius 3 is 2.88 bits per heavy atom. The van der Waals surface area contributed by atoms with E-state index < -0.39 is 11.5 Å². The van der Waals surface area contributed by atoms with Gasteiger partial charge in [-0.1, -0.05) is 6.07 Å². The molecule has 7 heteroatoms. The summed E-state index contributed by atoms with van der Waals surface area (Å²) in [5.41, 5.74) is 1.96. The van der Waals surface area contributed by atoms with Crippen LogP contribution in [0.5, 0.6) is 5.75 Å². The number of ether oxygens (including phenoxy) is 2. The summed E-state index contributed by atoms with van der Waals surface area (Å²) < 4.78 is 11.5. The van der Waals surface area contributed by atoms with Gasteiger partial charge in [0.1, 0.15) is 18.0 Å². The van der Waals surface area contributed by atoms with Crippen LogP contribution in [0.3, 0.4) is 0 Å². The third-order valence-corrected chi connectivity index (χ3v) is 4.72. The molecule has 0 spiro atoms. The fourth-order valence-corrected chi connectivity index (χ4v) is 3.19. The fourth-order valence-electron chi connectivity index (χ4n) is 3.19. The van der Waals surface area contributed by atoms with E-state index in [-0.39, 0.29) is 11.9 Å². The molecule has 130 valence electrons. The number of nitrogens with one attached hydrogen (secondary N) is 1. The molecule has 3 rings (SSSR count). The average molecular weight is 334 g/mol. The highest BCUT2D eigenvalue weighted by atomic mass is 16.5. The van der Waals surface area contributed by atoms with Gasteiger partial charge < -0.3 is 14.4 Å². The van der Waals surface area contributed by atoms with Gasteiger partial charge in [0.2, 0.25) is 0 Å². The van der Waals surface area contributed by atoms with E-state index in [0.29, 0.717) is 31.1 Å². The second kappa shape index (κ2) is 6.41. The predicted octanol–water partition coefficient (Wildman–Crippen LogP) is 1.48. The van der Waals surface area contributed by atoms with Crippen molar-refractivity contribution in [3.05, 3.63) is 29.3 Å². The molecule has 1 aromatic rings. The Morgan fingerprint density at radius 2 is 2.21 bits per heavy atom. The summed E-state index contributed by atoms with van der Waals surface area (Å²) in [7, 11) is 0. The Bertz CT molecular complexity index is 654. The highest BCUT2D eigenvalue weighted by Gasteiger charge is 2.42. The number of hydroxylamine groups is 1. The highest BCUT2D eigenvalue weighted by molar-refractivity contribution is 5.94. The van der Waals surface area contributed by atoms with Crippen LogP contribution in [0.1, 0.15) is 42.6 Å². The van der Waals surface area contributed by atoms with Gasteiger partial charge in [-0.2, -0.15) is 0 Å². The Labute approximate surface area is 140 Å². The number of carbonyl (C=O) groups excluding carboxylic acids is 2. The average Bonchev–Trinajstić information content (AvgIpc) is 2.97. The first kappa shape index (κ1) is 16.7. The van der Waals surface area contributed by atoms with E-state index in [2.05, 4.69) is 0 Å². The summed E-state index contributed by atoms with van der Waals surface area (Å²) in [6.07, 6.45) is 1.61. The van der Waals surface area contributed by atoms with E-state index in [1.807, 2.05) is 13.8 Å². The molecule has 0 bridgehead atoms. The lowest BCUT2D eigenvalue weighted by Crippen LogP contribution is -2.50. The zero-order valence-corrected chi connectivity index (χ0v) is 13.9. The lowest BCUT2D eigenvalue weighted by molar-refractivity contribution is -0.154. The highest BCUT2D eigenvalue weighted by Crippen LogP contribution is 2.32. The predicted molar refractivity (Wildman–Crippen MR) is 84.8 cm³/mol. The third kappa shape index (κ3) is 2.97. The van der Waals surface area contributed by atoms with Crippen LogP contribution >= 0.6 is 0 Å². The number of amides is 2. The van der Waals surface area contributed by atoms with Crippen LogP contribution in [0.4, 0.5) is 0 Å². The molecular weight excluding hydrogens is 312 g/mol. The molecular formula is C17H22N2O5. The van der Waals surface area contributed by atoms with E-state index in [1.54, 1.807) is 28.6 Å². The Hall–Kier alpha value is -2.12. The molecule has 2 heterocycles. The number of nitrogens with zero attached hydrogens (tertiary/aromatic N) is 1. The van der Waals surface area contributed by atoms with Crippen LogP contribution in [0, 0.1) is 0 Å². The Morgan fingerprint density at radius 1 is 1.42 bits per heavy atom. The van der Waals surface area contributed by atoms with Crippen molar-refractivity contribution in [2.45, 2.75) is 44.9 Å².